The van der Waals surface area contributed by atoms with Crippen molar-refractivity contribution in [1.29, 1.82) is 0 Å². The van der Waals surface area contributed by atoms with Crippen molar-refractivity contribution in [3.63, 3.8) is 0 Å². The molecule has 2 amide bonds. The fourth-order valence-electron chi connectivity index (χ4n) is 3.44. The van der Waals surface area contributed by atoms with Gasteiger partial charge in [-0.05, 0) is 47.2 Å². The molecule has 0 bridgehead atoms. The van der Waals surface area contributed by atoms with Crippen LogP contribution in [0.15, 0.2) is 0 Å². The van der Waals surface area contributed by atoms with Crippen molar-refractivity contribution in [2.45, 2.75) is 59.2 Å². The van der Waals surface area contributed by atoms with Crippen molar-refractivity contribution in [3.05, 3.63) is 0 Å². The Morgan fingerprint density at radius 1 is 1.29 bits per heavy atom. The predicted octanol–water partition coefficient (Wildman–Crippen LogP) is 1.45. The van der Waals surface area contributed by atoms with Gasteiger partial charge < -0.3 is 20.2 Å². The minimum atomic E-state index is -0.700. The topological polar surface area (TPSA) is 59.1 Å². The minimum absolute atomic E-state index is 0.00509. The van der Waals surface area contributed by atoms with E-state index < -0.39 is 5.60 Å². The second-order valence-electron chi connectivity index (χ2n) is 8.99. The molecule has 0 radical (unpaired) electrons. The van der Waals surface area contributed by atoms with Crippen molar-refractivity contribution in [3.8, 4) is 0 Å². The number of piperazine rings is 1. The molecular formula is C18H38N4O2. The van der Waals surface area contributed by atoms with Crippen LogP contribution in [0.1, 0.15) is 41.5 Å². The van der Waals surface area contributed by atoms with Crippen molar-refractivity contribution in [2.75, 3.05) is 46.8 Å². The molecule has 0 spiro atoms. The summed E-state index contributed by atoms with van der Waals surface area (Å²) >= 11 is 0. The van der Waals surface area contributed by atoms with Crippen LogP contribution in [0.25, 0.3) is 0 Å². The van der Waals surface area contributed by atoms with Gasteiger partial charge in [0.25, 0.3) is 0 Å². The maximum absolute atomic E-state index is 12.7. The summed E-state index contributed by atoms with van der Waals surface area (Å²) in [7, 11) is 4.11. The van der Waals surface area contributed by atoms with Crippen LogP contribution in [0, 0.1) is 5.41 Å². The van der Waals surface area contributed by atoms with Gasteiger partial charge in [-0.25, -0.2) is 4.79 Å². The maximum atomic E-state index is 12.7. The normalized spacial score (nSPS) is 21.9. The Hall–Kier alpha value is -0.850. The van der Waals surface area contributed by atoms with Crippen molar-refractivity contribution < 1.29 is 9.90 Å². The molecule has 24 heavy (non-hydrogen) atoms. The van der Waals surface area contributed by atoms with Gasteiger partial charge in [0.15, 0.2) is 0 Å². The van der Waals surface area contributed by atoms with E-state index in [2.05, 4.69) is 56.9 Å². The average Bonchev–Trinajstić information content (AvgIpc) is 2.34. The summed E-state index contributed by atoms with van der Waals surface area (Å²) in [6, 6.07) is 0.254. The molecule has 0 aromatic carbocycles. The van der Waals surface area contributed by atoms with E-state index in [1.807, 2.05) is 18.7 Å². The van der Waals surface area contributed by atoms with E-state index in [1.165, 1.54) is 0 Å². The highest BCUT2D eigenvalue weighted by molar-refractivity contribution is 5.75. The Kier molecular flexibility index (Phi) is 7.08. The van der Waals surface area contributed by atoms with E-state index in [0.29, 0.717) is 13.1 Å². The summed E-state index contributed by atoms with van der Waals surface area (Å²) in [5.74, 6) is 0. The summed E-state index contributed by atoms with van der Waals surface area (Å²) in [6.07, 6.45) is 0. The third-order valence-electron chi connectivity index (χ3n) is 4.82. The zero-order valence-electron chi connectivity index (χ0n) is 16.9. The predicted molar refractivity (Wildman–Crippen MR) is 99.2 cm³/mol. The molecule has 1 saturated heterocycles. The van der Waals surface area contributed by atoms with Crippen LogP contribution in [0.5, 0.6) is 0 Å². The maximum Gasteiger partial charge on any atom is 0.317 e. The lowest BCUT2D eigenvalue weighted by Gasteiger charge is -2.43. The lowest BCUT2D eigenvalue weighted by atomic mass is 9.85. The number of nitrogens with zero attached hydrogens (tertiary/aromatic N) is 3. The number of urea groups is 1. The Labute approximate surface area is 148 Å². The molecule has 6 heteroatoms. The smallest absolute Gasteiger partial charge is 0.317 e. The van der Waals surface area contributed by atoms with E-state index in [0.717, 1.165) is 19.6 Å². The van der Waals surface area contributed by atoms with Crippen LogP contribution in [0.2, 0.25) is 0 Å². The van der Waals surface area contributed by atoms with Crippen LogP contribution < -0.4 is 5.32 Å². The summed E-state index contributed by atoms with van der Waals surface area (Å²) in [5, 5.41) is 13.2. The molecule has 2 N–H and O–H groups in total. The molecule has 0 unspecified atom stereocenters. The highest BCUT2D eigenvalue weighted by Crippen LogP contribution is 2.22. The molecule has 2 atom stereocenters. The van der Waals surface area contributed by atoms with Gasteiger partial charge in [-0.1, -0.05) is 13.8 Å². The Morgan fingerprint density at radius 3 is 2.33 bits per heavy atom. The Balaban J connectivity index is 2.57. The fraction of sp³-hybridized carbons (Fsp3) is 0.944. The van der Waals surface area contributed by atoms with Gasteiger partial charge in [-0.15, -0.1) is 0 Å². The molecule has 1 heterocycles. The van der Waals surface area contributed by atoms with Gasteiger partial charge in [0.2, 0.25) is 0 Å². The summed E-state index contributed by atoms with van der Waals surface area (Å²) < 4.78 is 0. The molecule has 142 valence electrons. The van der Waals surface area contributed by atoms with Gasteiger partial charge in [0.1, 0.15) is 0 Å². The first-order valence-electron chi connectivity index (χ1n) is 8.98. The number of aliphatic hydroxyl groups is 1. The molecule has 1 aliphatic heterocycles. The molecule has 1 fully saturated rings. The van der Waals surface area contributed by atoms with E-state index in [-0.39, 0.29) is 23.5 Å². The number of hydrogen-bond donors (Lipinski definition) is 2. The average molecular weight is 343 g/mol. The molecule has 6 nitrogen and oxygen atoms in total. The first kappa shape index (κ1) is 21.2. The van der Waals surface area contributed by atoms with E-state index >= 15 is 0 Å². The Bertz CT molecular complexity index is 418. The van der Waals surface area contributed by atoms with Crippen molar-refractivity contribution in [2.24, 2.45) is 5.41 Å². The first-order chi connectivity index (χ1) is 10.8. The largest absolute Gasteiger partial charge is 0.389 e. The molecule has 0 aromatic heterocycles. The molecule has 1 rings (SSSR count). The van der Waals surface area contributed by atoms with Crippen LogP contribution in [0.3, 0.4) is 0 Å². The zero-order chi connectivity index (χ0) is 18.7. The van der Waals surface area contributed by atoms with Gasteiger partial charge in [-0.2, -0.15) is 0 Å². The zero-order valence-corrected chi connectivity index (χ0v) is 16.9. The molecule has 0 saturated carbocycles. The molecule has 0 aliphatic carbocycles. The quantitative estimate of drug-likeness (QED) is 0.767. The highest BCUT2D eigenvalue weighted by Gasteiger charge is 2.33. The Morgan fingerprint density at radius 2 is 1.88 bits per heavy atom. The minimum Gasteiger partial charge on any atom is -0.389 e. The number of rotatable bonds is 6. The van der Waals surface area contributed by atoms with E-state index in [9.17, 15) is 9.90 Å². The van der Waals surface area contributed by atoms with Crippen LogP contribution in [-0.2, 0) is 0 Å². The third kappa shape index (κ3) is 6.57. The van der Waals surface area contributed by atoms with Gasteiger partial charge in [0, 0.05) is 44.8 Å². The van der Waals surface area contributed by atoms with Gasteiger partial charge in [-0.3, -0.25) is 4.90 Å². The first-order valence-corrected chi connectivity index (χ1v) is 8.98. The molecule has 0 aromatic rings. The molecule has 1 aliphatic rings. The van der Waals surface area contributed by atoms with E-state index in [4.69, 9.17) is 0 Å². The number of nitrogens with one attached hydrogen (secondary N) is 1. The summed E-state index contributed by atoms with van der Waals surface area (Å²) in [4.78, 5) is 19.0. The van der Waals surface area contributed by atoms with E-state index in [1.54, 1.807) is 0 Å². The lowest BCUT2D eigenvalue weighted by molar-refractivity contribution is 0.0113. The monoisotopic (exact) mass is 342 g/mol. The van der Waals surface area contributed by atoms with Crippen molar-refractivity contribution in [1.82, 2.24) is 20.0 Å². The summed E-state index contributed by atoms with van der Waals surface area (Å²) in [5.41, 5.74) is -0.694. The fourth-order valence-corrected chi connectivity index (χ4v) is 3.44. The number of amides is 2. The lowest BCUT2D eigenvalue weighted by Crippen LogP contribution is -2.60. The second-order valence-corrected chi connectivity index (χ2v) is 8.99. The number of carbonyl (C=O) groups excluding carboxylic acids is 1. The summed E-state index contributed by atoms with van der Waals surface area (Å²) in [6.45, 7) is 16.0. The van der Waals surface area contributed by atoms with Crippen LogP contribution in [0.4, 0.5) is 4.79 Å². The number of carbonyl (C=O) groups is 1. The van der Waals surface area contributed by atoms with Crippen LogP contribution in [-0.4, -0.2) is 90.3 Å². The standard InChI is InChI=1S/C18H38N4O2/c1-14-11-21(13-18(5,6)24)9-10-22(14)16(23)19-15(2)17(3,4)12-20(7)8/h14-15,24H,9-13H2,1-8H3,(H,19,23)/t14-,15+/m0/s1. The SMILES string of the molecule is C[C@H]1CN(CC(C)(C)O)CCN1C(=O)N[C@H](C)C(C)(C)CN(C)C. The highest BCUT2D eigenvalue weighted by atomic mass is 16.3. The van der Waals surface area contributed by atoms with Crippen LogP contribution >= 0.6 is 0 Å². The molecular weight excluding hydrogens is 304 g/mol. The third-order valence-corrected chi connectivity index (χ3v) is 4.82. The van der Waals surface area contributed by atoms with Gasteiger partial charge in [0.05, 0.1) is 5.60 Å². The number of hydrogen-bond acceptors (Lipinski definition) is 4. The number of β-amino-alcohol motifs (C(OH)–C–C–N with tert-alkyl or cyclic N) is 1. The van der Waals surface area contributed by atoms with Crippen molar-refractivity contribution >= 4 is 6.03 Å². The second kappa shape index (κ2) is 8.02. The van der Waals surface area contributed by atoms with Gasteiger partial charge >= 0.3 is 6.03 Å².